The quantitative estimate of drug-likeness (QED) is 0.791. The van der Waals surface area contributed by atoms with Crippen LogP contribution in [0.1, 0.15) is 16.2 Å². The van der Waals surface area contributed by atoms with Crippen LogP contribution >= 0.6 is 23.2 Å². The lowest BCUT2D eigenvalue weighted by Crippen LogP contribution is -2.07. The fourth-order valence-corrected chi connectivity index (χ4v) is 1.68. The van der Waals surface area contributed by atoms with Crippen LogP contribution in [-0.4, -0.2) is 33.1 Å². The van der Waals surface area contributed by atoms with Crippen LogP contribution in [0.3, 0.4) is 0 Å². The highest BCUT2D eigenvalue weighted by Gasteiger charge is 2.15. The van der Waals surface area contributed by atoms with Crippen molar-refractivity contribution in [2.24, 2.45) is 0 Å². The van der Waals surface area contributed by atoms with Gasteiger partial charge in [-0.1, -0.05) is 23.2 Å². The van der Waals surface area contributed by atoms with Crippen molar-refractivity contribution in [1.29, 1.82) is 0 Å². The van der Waals surface area contributed by atoms with Crippen molar-refractivity contribution >= 4 is 29.2 Å². The Labute approximate surface area is 112 Å². The molecule has 2 aromatic heterocycles. The topological polar surface area (TPSA) is 69.9 Å². The molecule has 0 radical (unpaired) electrons. The first-order valence-electron chi connectivity index (χ1n) is 4.86. The van der Waals surface area contributed by atoms with Gasteiger partial charge in [0, 0.05) is 0 Å². The van der Waals surface area contributed by atoms with E-state index in [0.29, 0.717) is 16.5 Å². The molecule has 0 atom stereocenters. The summed E-state index contributed by atoms with van der Waals surface area (Å²) in [4.78, 5) is 16.6. The van der Waals surface area contributed by atoms with E-state index in [4.69, 9.17) is 23.2 Å². The minimum Gasteiger partial charge on any atom is -0.464 e. The van der Waals surface area contributed by atoms with Gasteiger partial charge in [-0.25, -0.2) is 9.78 Å². The molecule has 0 unspecified atom stereocenters. The zero-order valence-electron chi connectivity index (χ0n) is 9.52. The van der Waals surface area contributed by atoms with Crippen molar-refractivity contribution in [1.82, 2.24) is 20.0 Å². The van der Waals surface area contributed by atoms with Crippen molar-refractivity contribution in [3.05, 3.63) is 33.7 Å². The third-order valence-electron chi connectivity index (χ3n) is 2.16. The third-order valence-corrected chi connectivity index (χ3v) is 2.82. The zero-order chi connectivity index (χ0) is 13.3. The summed E-state index contributed by atoms with van der Waals surface area (Å²) in [7, 11) is 1.26. The van der Waals surface area contributed by atoms with Gasteiger partial charge < -0.3 is 4.74 Å². The molecular formula is C10H8Cl2N4O2. The highest BCUT2D eigenvalue weighted by atomic mass is 35.5. The van der Waals surface area contributed by atoms with Crippen LogP contribution in [0.25, 0.3) is 5.82 Å². The predicted octanol–water partition coefficient (Wildman–Crippen LogP) is 2.06. The number of hydrogen-bond acceptors (Lipinski definition) is 5. The van der Waals surface area contributed by atoms with Crippen LogP contribution in [0.15, 0.2) is 12.3 Å². The first-order chi connectivity index (χ1) is 8.52. The van der Waals surface area contributed by atoms with Gasteiger partial charge in [0.1, 0.15) is 0 Å². The largest absolute Gasteiger partial charge is 0.464 e. The van der Waals surface area contributed by atoms with Gasteiger partial charge in [0.15, 0.2) is 11.5 Å². The SMILES string of the molecule is COC(=O)c1cnn(-c2nc(C)c(Cl)cc2Cl)n1. The fourth-order valence-electron chi connectivity index (χ4n) is 1.25. The lowest BCUT2D eigenvalue weighted by atomic mass is 10.4. The summed E-state index contributed by atoms with van der Waals surface area (Å²) in [6.45, 7) is 1.73. The smallest absolute Gasteiger partial charge is 0.360 e. The van der Waals surface area contributed by atoms with E-state index in [2.05, 4.69) is 19.9 Å². The number of ether oxygens (including phenoxy) is 1. The van der Waals surface area contributed by atoms with E-state index in [-0.39, 0.29) is 10.7 Å². The second kappa shape index (κ2) is 4.91. The third kappa shape index (κ3) is 2.30. The Hall–Kier alpha value is -1.66. The number of carbonyl (C=O) groups excluding carboxylic acids is 1. The minimum atomic E-state index is -0.581. The molecular weight excluding hydrogens is 279 g/mol. The van der Waals surface area contributed by atoms with Crippen LogP contribution < -0.4 is 0 Å². The van der Waals surface area contributed by atoms with Crippen LogP contribution in [0, 0.1) is 6.92 Å². The predicted molar refractivity (Wildman–Crippen MR) is 65.3 cm³/mol. The molecule has 0 N–H and O–H groups in total. The molecule has 0 amide bonds. The van der Waals surface area contributed by atoms with E-state index in [1.165, 1.54) is 13.3 Å². The van der Waals surface area contributed by atoms with Gasteiger partial charge in [0.2, 0.25) is 0 Å². The second-order valence-electron chi connectivity index (χ2n) is 3.37. The summed E-state index contributed by atoms with van der Waals surface area (Å²) < 4.78 is 4.53. The van der Waals surface area contributed by atoms with Crippen LogP contribution in [-0.2, 0) is 4.74 Å². The second-order valence-corrected chi connectivity index (χ2v) is 4.19. The van der Waals surface area contributed by atoms with Crippen molar-refractivity contribution in [2.75, 3.05) is 7.11 Å². The number of hydrogen-bond donors (Lipinski definition) is 0. The number of pyridine rings is 1. The van der Waals surface area contributed by atoms with Crippen molar-refractivity contribution in [2.45, 2.75) is 6.92 Å². The highest BCUT2D eigenvalue weighted by Crippen LogP contribution is 2.23. The molecule has 2 aromatic rings. The molecule has 0 aliphatic carbocycles. The molecule has 0 saturated heterocycles. The minimum absolute atomic E-state index is 0.0722. The summed E-state index contributed by atoms with van der Waals surface area (Å²) in [5.41, 5.74) is 0.663. The Bertz CT molecular complexity index is 612. The monoisotopic (exact) mass is 286 g/mol. The van der Waals surface area contributed by atoms with E-state index in [1.807, 2.05) is 0 Å². The van der Waals surface area contributed by atoms with E-state index < -0.39 is 5.97 Å². The lowest BCUT2D eigenvalue weighted by Gasteiger charge is -2.04. The molecule has 0 bridgehead atoms. The van der Waals surface area contributed by atoms with Gasteiger partial charge >= 0.3 is 5.97 Å². The zero-order valence-corrected chi connectivity index (χ0v) is 11.0. The van der Waals surface area contributed by atoms with Crippen molar-refractivity contribution < 1.29 is 9.53 Å². The normalized spacial score (nSPS) is 10.4. The Balaban J connectivity index is 2.46. The molecule has 94 valence electrons. The Morgan fingerprint density at radius 1 is 1.39 bits per heavy atom. The first-order valence-corrected chi connectivity index (χ1v) is 5.62. The van der Waals surface area contributed by atoms with E-state index in [0.717, 1.165) is 4.80 Å². The highest BCUT2D eigenvalue weighted by molar-refractivity contribution is 6.35. The molecule has 0 aliphatic rings. The Morgan fingerprint density at radius 3 is 2.78 bits per heavy atom. The lowest BCUT2D eigenvalue weighted by molar-refractivity contribution is 0.0593. The summed E-state index contributed by atoms with van der Waals surface area (Å²) in [6.07, 6.45) is 1.27. The molecule has 2 rings (SSSR count). The van der Waals surface area contributed by atoms with E-state index in [9.17, 15) is 4.79 Å². The maximum Gasteiger partial charge on any atom is 0.360 e. The van der Waals surface area contributed by atoms with Crippen LogP contribution in [0.5, 0.6) is 0 Å². The summed E-state index contributed by atoms with van der Waals surface area (Å²) in [5, 5.41) is 8.56. The number of carbonyl (C=O) groups is 1. The number of aromatic nitrogens is 4. The molecule has 2 heterocycles. The summed E-state index contributed by atoms with van der Waals surface area (Å²) in [6, 6.07) is 1.54. The summed E-state index contributed by atoms with van der Waals surface area (Å²) >= 11 is 11.9. The molecule has 0 spiro atoms. The van der Waals surface area contributed by atoms with Gasteiger partial charge in [0.25, 0.3) is 0 Å². The summed E-state index contributed by atoms with van der Waals surface area (Å²) in [5.74, 6) is -0.281. The molecule has 8 heteroatoms. The maximum absolute atomic E-state index is 11.3. The number of nitrogens with zero attached hydrogens (tertiary/aromatic N) is 4. The van der Waals surface area contributed by atoms with E-state index >= 15 is 0 Å². The maximum atomic E-state index is 11.3. The van der Waals surface area contributed by atoms with E-state index in [1.54, 1.807) is 13.0 Å². The van der Waals surface area contributed by atoms with Crippen molar-refractivity contribution in [3.8, 4) is 5.82 Å². The average Bonchev–Trinajstić information content (AvgIpc) is 2.82. The number of aryl methyl sites for hydroxylation is 1. The number of methoxy groups -OCH3 is 1. The van der Waals surface area contributed by atoms with Gasteiger partial charge in [-0.3, -0.25) is 0 Å². The molecule has 0 saturated carbocycles. The fraction of sp³-hybridized carbons (Fsp3) is 0.200. The standard InChI is InChI=1S/C10H8Cl2N4O2/c1-5-6(11)3-7(12)9(14-5)16-13-4-8(15-16)10(17)18-2/h3-4H,1-2H3. The molecule has 0 aromatic carbocycles. The first kappa shape index (κ1) is 12.8. The molecule has 0 aliphatic heterocycles. The molecule has 6 nitrogen and oxygen atoms in total. The van der Waals surface area contributed by atoms with Gasteiger partial charge in [0.05, 0.1) is 29.0 Å². The van der Waals surface area contributed by atoms with Gasteiger partial charge in [-0.05, 0) is 13.0 Å². The van der Waals surface area contributed by atoms with Gasteiger partial charge in [-0.2, -0.15) is 5.10 Å². The van der Waals surface area contributed by atoms with Crippen LogP contribution in [0.2, 0.25) is 10.0 Å². The van der Waals surface area contributed by atoms with Crippen molar-refractivity contribution in [3.63, 3.8) is 0 Å². The Morgan fingerprint density at radius 2 is 2.11 bits per heavy atom. The number of esters is 1. The number of halogens is 2. The van der Waals surface area contributed by atoms with Gasteiger partial charge in [-0.15, -0.1) is 9.90 Å². The number of rotatable bonds is 2. The van der Waals surface area contributed by atoms with Crippen LogP contribution in [0.4, 0.5) is 0 Å². The molecule has 0 fully saturated rings. The average molecular weight is 287 g/mol. The Kier molecular flexibility index (Phi) is 3.49. The molecule has 18 heavy (non-hydrogen) atoms.